The molecule has 0 bridgehead atoms. The summed E-state index contributed by atoms with van der Waals surface area (Å²) in [5.74, 6) is -0.539. The molecule has 0 aromatic heterocycles. The zero-order valence-electron chi connectivity index (χ0n) is 19.2. The van der Waals surface area contributed by atoms with Gasteiger partial charge in [0.2, 0.25) is 0 Å². The number of carbonyl (C=O) groups excluding carboxylic acids is 2. The Morgan fingerprint density at radius 1 is 1.09 bits per heavy atom. The number of hydrogen-bond acceptors (Lipinski definition) is 7. The molecule has 0 saturated carbocycles. The van der Waals surface area contributed by atoms with Gasteiger partial charge in [-0.3, -0.25) is 19.7 Å². The first-order chi connectivity index (χ1) is 15.8. The number of benzene rings is 2. The summed E-state index contributed by atoms with van der Waals surface area (Å²) >= 11 is 0. The first-order valence-corrected chi connectivity index (χ1v) is 10.5. The number of methoxy groups -OCH3 is 2. The zero-order chi connectivity index (χ0) is 24.4. The Morgan fingerprint density at radius 3 is 2.48 bits per heavy atom. The highest BCUT2D eigenvalue weighted by molar-refractivity contribution is 5.99. The van der Waals surface area contributed by atoms with Crippen LogP contribution >= 0.6 is 0 Å². The van der Waals surface area contributed by atoms with Gasteiger partial charge in [-0.2, -0.15) is 0 Å². The molecule has 2 rings (SSSR count). The number of nitrogens with zero attached hydrogens (tertiary/aromatic N) is 1. The van der Waals surface area contributed by atoms with Crippen LogP contribution in [0.3, 0.4) is 0 Å². The van der Waals surface area contributed by atoms with Crippen LogP contribution in [0.2, 0.25) is 0 Å². The third-order valence-corrected chi connectivity index (χ3v) is 4.90. The van der Waals surface area contributed by atoms with Crippen LogP contribution in [0.25, 0.3) is 0 Å². The van der Waals surface area contributed by atoms with Crippen molar-refractivity contribution in [2.45, 2.75) is 32.9 Å². The minimum atomic E-state index is -0.655. The maximum Gasteiger partial charge on any atom is 0.286 e. The molecule has 0 aliphatic rings. The van der Waals surface area contributed by atoms with Gasteiger partial charge in [-0.25, -0.2) is 0 Å². The van der Waals surface area contributed by atoms with Crippen LogP contribution < -0.4 is 20.1 Å². The van der Waals surface area contributed by atoms with Crippen molar-refractivity contribution in [3.63, 3.8) is 0 Å². The van der Waals surface area contributed by atoms with E-state index in [2.05, 4.69) is 10.6 Å². The Balaban J connectivity index is 2.18. The van der Waals surface area contributed by atoms with Gasteiger partial charge in [-0.15, -0.1) is 0 Å². The maximum atomic E-state index is 12.8. The summed E-state index contributed by atoms with van der Waals surface area (Å²) in [5, 5.41) is 17.1. The summed E-state index contributed by atoms with van der Waals surface area (Å²) in [6, 6.07) is 9.28. The first kappa shape index (κ1) is 25.6. The zero-order valence-corrected chi connectivity index (χ0v) is 19.2. The number of hydrogen-bond donors (Lipinski definition) is 2. The van der Waals surface area contributed by atoms with Crippen molar-refractivity contribution >= 4 is 17.5 Å². The second-order valence-corrected chi connectivity index (χ2v) is 7.28. The minimum Gasteiger partial charge on any atom is -0.493 e. The monoisotopic (exact) mass is 459 g/mol. The van der Waals surface area contributed by atoms with E-state index in [0.29, 0.717) is 11.1 Å². The predicted molar refractivity (Wildman–Crippen MR) is 122 cm³/mol. The molecule has 10 nitrogen and oxygen atoms in total. The largest absolute Gasteiger partial charge is 0.493 e. The molecule has 1 unspecified atom stereocenters. The highest BCUT2D eigenvalue weighted by Crippen LogP contribution is 2.34. The van der Waals surface area contributed by atoms with Gasteiger partial charge in [-0.05, 0) is 31.0 Å². The van der Waals surface area contributed by atoms with Gasteiger partial charge >= 0.3 is 0 Å². The van der Waals surface area contributed by atoms with E-state index in [1.54, 1.807) is 24.3 Å². The van der Waals surface area contributed by atoms with E-state index in [-0.39, 0.29) is 48.8 Å². The predicted octanol–water partition coefficient (Wildman–Crippen LogP) is 3.09. The molecular weight excluding hydrogens is 430 g/mol. The fourth-order valence-electron chi connectivity index (χ4n) is 2.90. The molecule has 33 heavy (non-hydrogen) atoms. The van der Waals surface area contributed by atoms with Crippen LogP contribution in [0.5, 0.6) is 11.5 Å². The number of ether oxygens (including phenoxy) is 3. The number of nitrogens with one attached hydrogen (secondary N) is 2. The topological polar surface area (TPSA) is 129 Å². The van der Waals surface area contributed by atoms with Crippen molar-refractivity contribution in [2.75, 3.05) is 27.4 Å². The quantitative estimate of drug-likeness (QED) is 0.283. The van der Waals surface area contributed by atoms with E-state index in [0.717, 1.165) is 12.5 Å². The Hall–Kier alpha value is -3.66. The Labute approximate surface area is 192 Å². The molecule has 2 aromatic carbocycles. The maximum absolute atomic E-state index is 12.8. The molecule has 2 aromatic rings. The number of nitro groups is 1. The summed E-state index contributed by atoms with van der Waals surface area (Å²) in [6.07, 6.45) is 0.805. The van der Waals surface area contributed by atoms with Gasteiger partial charge in [0.1, 0.15) is 12.2 Å². The van der Waals surface area contributed by atoms with Crippen LogP contribution in [-0.4, -0.2) is 50.2 Å². The van der Waals surface area contributed by atoms with Gasteiger partial charge in [0.05, 0.1) is 24.7 Å². The summed E-state index contributed by atoms with van der Waals surface area (Å²) in [7, 11) is 2.88. The highest BCUT2D eigenvalue weighted by atomic mass is 16.6. The van der Waals surface area contributed by atoms with E-state index < -0.39 is 16.5 Å². The lowest BCUT2D eigenvalue weighted by Gasteiger charge is -2.13. The van der Waals surface area contributed by atoms with E-state index in [1.165, 1.54) is 20.3 Å². The lowest BCUT2D eigenvalue weighted by molar-refractivity contribution is -0.385. The number of rotatable bonds is 12. The molecule has 0 aliphatic carbocycles. The molecule has 2 N–H and O–H groups in total. The average Bonchev–Trinajstić information content (AvgIpc) is 2.82. The summed E-state index contributed by atoms with van der Waals surface area (Å²) in [6.45, 7) is 4.42. The van der Waals surface area contributed by atoms with E-state index >= 15 is 0 Å². The van der Waals surface area contributed by atoms with Crippen molar-refractivity contribution in [2.24, 2.45) is 0 Å². The number of carbonyl (C=O) groups is 2. The molecule has 0 heterocycles. The van der Waals surface area contributed by atoms with Crippen molar-refractivity contribution < 1.29 is 28.7 Å². The van der Waals surface area contributed by atoms with Gasteiger partial charge < -0.3 is 24.8 Å². The van der Waals surface area contributed by atoms with Crippen molar-refractivity contribution in [1.82, 2.24) is 10.6 Å². The second-order valence-electron chi connectivity index (χ2n) is 7.28. The fourth-order valence-corrected chi connectivity index (χ4v) is 2.90. The lowest BCUT2D eigenvalue weighted by atomic mass is 10.1. The Kier molecular flexibility index (Phi) is 9.62. The Bertz CT molecular complexity index is 994. The lowest BCUT2D eigenvalue weighted by Crippen LogP contribution is -2.32. The molecule has 0 fully saturated rings. The van der Waals surface area contributed by atoms with Crippen LogP contribution in [0.15, 0.2) is 36.4 Å². The van der Waals surface area contributed by atoms with Crippen LogP contribution in [0, 0.1) is 10.1 Å². The molecule has 1 atom stereocenters. The van der Waals surface area contributed by atoms with Crippen LogP contribution in [0.1, 0.15) is 46.5 Å². The normalized spacial score (nSPS) is 11.4. The van der Waals surface area contributed by atoms with E-state index in [4.69, 9.17) is 14.2 Å². The van der Waals surface area contributed by atoms with Gasteiger partial charge in [0, 0.05) is 31.3 Å². The highest BCUT2D eigenvalue weighted by Gasteiger charge is 2.25. The van der Waals surface area contributed by atoms with Gasteiger partial charge in [0.25, 0.3) is 17.5 Å². The number of nitro benzene ring substituents is 1. The molecule has 10 heteroatoms. The average molecular weight is 459 g/mol. The molecule has 0 radical (unpaired) electrons. The molecule has 0 saturated heterocycles. The summed E-state index contributed by atoms with van der Waals surface area (Å²) in [4.78, 5) is 36.0. The van der Waals surface area contributed by atoms with Gasteiger partial charge in [0.15, 0.2) is 11.5 Å². The first-order valence-electron chi connectivity index (χ1n) is 10.5. The minimum absolute atomic E-state index is 0.0397. The Morgan fingerprint density at radius 2 is 1.85 bits per heavy atom. The number of amides is 2. The molecule has 178 valence electrons. The molecule has 0 aliphatic heterocycles. The third kappa shape index (κ3) is 7.18. The SMILES string of the molecule is CCC(C)NC(=O)c1cccc(CNC(=O)c2cc(OC)c(OCCOC)cc2[N+](=O)[O-])c1. The summed E-state index contributed by atoms with van der Waals surface area (Å²) < 4.78 is 15.6. The van der Waals surface area contributed by atoms with E-state index in [1.807, 2.05) is 13.8 Å². The fraction of sp³-hybridized carbons (Fsp3) is 0.391. The van der Waals surface area contributed by atoms with Crippen molar-refractivity contribution in [3.05, 3.63) is 63.2 Å². The standard InChI is InChI=1S/C23H29N3O7/c1-5-15(2)25-22(27)17-8-6-7-16(11-17)14-24-23(28)18-12-20(32-4)21(33-10-9-31-3)13-19(18)26(29)30/h6-8,11-13,15H,5,9-10,14H2,1-4H3,(H,24,28)(H,25,27). The molecule has 0 spiro atoms. The van der Waals surface area contributed by atoms with Crippen molar-refractivity contribution in [1.29, 1.82) is 0 Å². The smallest absolute Gasteiger partial charge is 0.286 e. The molecule has 2 amide bonds. The van der Waals surface area contributed by atoms with Crippen LogP contribution in [-0.2, 0) is 11.3 Å². The molecular formula is C23H29N3O7. The van der Waals surface area contributed by atoms with E-state index in [9.17, 15) is 19.7 Å². The third-order valence-electron chi connectivity index (χ3n) is 4.90. The second kappa shape index (κ2) is 12.4. The summed E-state index contributed by atoms with van der Waals surface area (Å²) in [5.41, 5.74) is 0.561. The van der Waals surface area contributed by atoms with Gasteiger partial charge in [-0.1, -0.05) is 19.1 Å². The van der Waals surface area contributed by atoms with Crippen molar-refractivity contribution in [3.8, 4) is 11.5 Å². The van der Waals surface area contributed by atoms with Crippen LogP contribution in [0.4, 0.5) is 5.69 Å².